The Morgan fingerprint density at radius 3 is 2.00 bits per heavy atom. The summed E-state index contributed by atoms with van der Waals surface area (Å²) in [5, 5.41) is 7.02. The first-order chi connectivity index (χ1) is 13.1. The number of halogens is 1. The summed E-state index contributed by atoms with van der Waals surface area (Å²) in [6.45, 7) is 12.0. The smallest absolute Gasteiger partial charge is 0.292 e. The van der Waals surface area contributed by atoms with Crippen LogP contribution in [0, 0.1) is 6.92 Å². The number of anilines is 1. The quantitative estimate of drug-likeness (QED) is 0.731. The standard InChI is InChI=1S/C12H12ClN3O.C5H10O.2C2H6/c1-8-3-5-9(6-4-8)16-12(17)11(13)10(14-2)7-15-16;1-2-4-6-5-3-1;2*1-2/h3-7,14H,1-2H3;1-5H2;2*1-2H3. The maximum Gasteiger partial charge on any atom is 0.292 e. The molecule has 1 aliphatic heterocycles. The fourth-order valence-corrected chi connectivity index (χ4v) is 2.39. The highest BCUT2D eigenvalue weighted by Gasteiger charge is 2.09. The van der Waals surface area contributed by atoms with Crippen molar-refractivity contribution in [1.82, 2.24) is 9.78 Å². The third-order valence-electron chi connectivity index (χ3n) is 3.54. The Kier molecular flexibility index (Phi) is 14.2. The van der Waals surface area contributed by atoms with Gasteiger partial charge in [0.15, 0.2) is 0 Å². The SMILES string of the molecule is C1CCOCC1.CC.CC.CNc1cnn(-c2ccc(C)cc2)c(=O)c1Cl. The van der Waals surface area contributed by atoms with Crippen LogP contribution in [0.5, 0.6) is 0 Å². The minimum absolute atomic E-state index is 0.142. The molecule has 1 aromatic heterocycles. The number of hydrogen-bond donors (Lipinski definition) is 1. The van der Waals surface area contributed by atoms with Crippen molar-refractivity contribution in [3.8, 4) is 5.69 Å². The number of ether oxygens (including phenoxy) is 1. The molecule has 1 fully saturated rings. The summed E-state index contributed by atoms with van der Waals surface area (Å²) in [6, 6.07) is 7.50. The zero-order valence-corrected chi connectivity index (χ0v) is 18.3. The van der Waals surface area contributed by atoms with E-state index in [4.69, 9.17) is 16.3 Å². The number of aryl methyl sites for hydroxylation is 1. The molecule has 1 saturated heterocycles. The van der Waals surface area contributed by atoms with Gasteiger partial charge in [-0.3, -0.25) is 4.79 Å². The zero-order valence-electron chi connectivity index (χ0n) is 17.5. The molecule has 1 aliphatic rings. The topological polar surface area (TPSA) is 56.1 Å². The first-order valence-electron chi connectivity index (χ1n) is 9.74. The van der Waals surface area contributed by atoms with Gasteiger partial charge in [0.1, 0.15) is 5.02 Å². The highest BCUT2D eigenvalue weighted by molar-refractivity contribution is 6.32. The van der Waals surface area contributed by atoms with Gasteiger partial charge in [-0.25, -0.2) is 0 Å². The van der Waals surface area contributed by atoms with Crippen LogP contribution in [-0.4, -0.2) is 30.0 Å². The predicted octanol–water partition coefficient (Wildman–Crippen LogP) is 5.48. The lowest BCUT2D eigenvalue weighted by Crippen LogP contribution is -2.22. The van der Waals surface area contributed by atoms with Crippen LogP contribution in [0.15, 0.2) is 35.3 Å². The van der Waals surface area contributed by atoms with Crippen LogP contribution >= 0.6 is 11.6 Å². The number of benzene rings is 1. The van der Waals surface area contributed by atoms with Crippen molar-refractivity contribution in [3.63, 3.8) is 0 Å². The molecule has 0 saturated carbocycles. The van der Waals surface area contributed by atoms with Crippen molar-refractivity contribution in [3.05, 3.63) is 51.4 Å². The van der Waals surface area contributed by atoms with Crippen LogP contribution in [0.2, 0.25) is 5.02 Å². The van der Waals surface area contributed by atoms with Crippen LogP contribution < -0.4 is 10.9 Å². The third-order valence-corrected chi connectivity index (χ3v) is 3.91. The van der Waals surface area contributed by atoms with Gasteiger partial charge in [0, 0.05) is 20.3 Å². The van der Waals surface area contributed by atoms with Gasteiger partial charge in [0.2, 0.25) is 0 Å². The molecule has 0 radical (unpaired) electrons. The molecule has 152 valence electrons. The molecule has 0 aliphatic carbocycles. The summed E-state index contributed by atoms with van der Waals surface area (Å²) in [4.78, 5) is 12.0. The van der Waals surface area contributed by atoms with Gasteiger partial charge in [-0.15, -0.1) is 0 Å². The Morgan fingerprint density at radius 1 is 1.04 bits per heavy atom. The summed E-state index contributed by atoms with van der Waals surface area (Å²) >= 11 is 5.94. The van der Waals surface area contributed by atoms with Gasteiger partial charge >= 0.3 is 0 Å². The summed E-state index contributed by atoms with van der Waals surface area (Å²) < 4.78 is 6.35. The fraction of sp³-hybridized carbons (Fsp3) is 0.524. The Morgan fingerprint density at radius 2 is 1.59 bits per heavy atom. The molecule has 2 heterocycles. The minimum Gasteiger partial charge on any atom is -0.385 e. The molecule has 27 heavy (non-hydrogen) atoms. The maximum absolute atomic E-state index is 12.0. The van der Waals surface area contributed by atoms with Gasteiger partial charge < -0.3 is 10.1 Å². The number of nitrogens with one attached hydrogen (secondary N) is 1. The lowest BCUT2D eigenvalue weighted by Gasteiger charge is -2.08. The molecule has 0 spiro atoms. The van der Waals surface area contributed by atoms with Crippen LogP contribution in [0.4, 0.5) is 5.69 Å². The molecular formula is C21H34ClN3O2. The second-order valence-electron chi connectivity index (χ2n) is 5.35. The minimum atomic E-state index is -0.331. The van der Waals surface area contributed by atoms with E-state index in [1.165, 1.54) is 30.1 Å². The predicted molar refractivity (Wildman–Crippen MR) is 116 cm³/mol. The van der Waals surface area contributed by atoms with Gasteiger partial charge in [-0.05, 0) is 38.3 Å². The molecule has 1 aromatic carbocycles. The lowest BCUT2D eigenvalue weighted by molar-refractivity contribution is 0.0968. The van der Waals surface area contributed by atoms with E-state index in [1.807, 2.05) is 58.9 Å². The Labute approximate surface area is 168 Å². The van der Waals surface area contributed by atoms with E-state index in [0.717, 1.165) is 18.8 Å². The Bertz CT molecular complexity index is 669. The van der Waals surface area contributed by atoms with Crippen LogP contribution in [-0.2, 0) is 4.74 Å². The number of hydrogen-bond acceptors (Lipinski definition) is 4. The number of nitrogens with zero attached hydrogens (tertiary/aromatic N) is 2. The van der Waals surface area contributed by atoms with E-state index in [0.29, 0.717) is 11.4 Å². The molecular weight excluding hydrogens is 362 g/mol. The highest BCUT2D eigenvalue weighted by Crippen LogP contribution is 2.15. The van der Waals surface area contributed by atoms with Gasteiger partial charge in [0.05, 0.1) is 17.6 Å². The van der Waals surface area contributed by atoms with Gasteiger partial charge in [-0.1, -0.05) is 57.0 Å². The maximum atomic E-state index is 12.0. The van der Waals surface area contributed by atoms with Crippen molar-refractivity contribution in [2.24, 2.45) is 0 Å². The van der Waals surface area contributed by atoms with Crippen molar-refractivity contribution >= 4 is 17.3 Å². The molecule has 3 rings (SSSR count). The Balaban J connectivity index is 0.000000563. The molecule has 6 heteroatoms. The normalized spacial score (nSPS) is 12.3. The molecule has 5 nitrogen and oxygen atoms in total. The second-order valence-corrected chi connectivity index (χ2v) is 5.73. The van der Waals surface area contributed by atoms with Crippen molar-refractivity contribution in [2.45, 2.75) is 53.9 Å². The molecule has 2 aromatic rings. The summed E-state index contributed by atoms with van der Waals surface area (Å²) in [7, 11) is 1.69. The molecule has 0 bridgehead atoms. The lowest BCUT2D eigenvalue weighted by atomic mass is 10.2. The molecule has 0 unspecified atom stereocenters. The summed E-state index contributed by atoms with van der Waals surface area (Å²) in [5.41, 5.74) is 2.02. The third kappa shape index (κ3) is 8.59. The van der Waals surface area contributed by atoms with Crippen LogP contribution in [0.3, 0.4) is 0 Å². The zero-order chi connectivity index (χ0) is 20.7. The molecule has 0 amide bonds. The van der Waals surface area contributed by atoms with Crippen LogP contribution in [0.1, 0.15) is 52.5 Å². The van der Waals surface area contributed by atoms with Crippen molar-refractivity contribution in [1.29, 1.82) is 0 Å². The van der Waals surface area contributed by atoms with E-state index in [9.17, 15) is 4.79 Å². The largest absolute Gasteiger partial charge is 0.385 e. The van der Waals surface area contributed by atoms with Gasteiger partial charge in [-0.2, -0.15) is 9.78 Å². The van der Waals surface area contributed by atoms with Gasteiger partial charge in [0.25, 0.3) is 5.56 Å². The highest BCUT2D eigenvalue weighted by atomic mass is 35.5. The Hall–Kier alpha value is -1.85. The first kappa shape index (κ1) is 25.2. The average Bonchev–Trinajstić information content (AvgIpc) is 2.75. The molecule has 0 atom stereocenters. The molecule has 1 N–H and O–H groups in total. The fourth-order valence-electron chi connectivity index (χ4n) is 2.16. The monoisotopic (exact) mass is 395 g/mol. The van der Waals surface area contributed by atoms with E-state index >= 15 is 0 Å². The van der Waals surface area contributed by atoms with E-state index in [2.05, 4.69) is 10.4 Å². The number of rotatable bonds is 2. The second kappa shape index (κ2) is 15.2. The van der Waals surface area contributed by atoms with Crippen molar-refractivity contribution in [2.75, 3.05) is 25.6 Å². The van der Waals surface area contributed by atoms with E-state index in [-0.39, 0.29) is 10.6 Å². The number of aromatic nitrogens is 2. The van der Waals surface area contributed by atoms with E-state index < -0.39 is 0 Å². The summed E-state index contributed by atoms with van der Waals surface area (Å²) in [6.07, 6.45) is 5.46. The van der Waals surface area contributed by atoms with E-state index in [1.54, 1.807) is 7.05 Å². The average molecular weight is 396 g/mol. The summed E-state index contributed by atoms with van der Waals surface area (Å²) in [5.74, 6) is 0. The van der Waals surface area contributed by atoms with Crippen LogP contribution in [0.25, 0.3) is 5.69 Å². The van der Waals surface area contributed by atoms with Crippen molar-refractivity contribution < 1.29 is 4.74 Å². The first-order valence-corrected chi connectivity index (χ1v) is 10.1.